The first kappa shape index (κ1) is 14.2. The minimum absolute atomic E-state index is 0.124. The van der Waals surface area contributed by atoms with Crippen LogP contribution in [0.25, 0.3) is 10.9 Å². The van der Waals surface area contributed by atoms with Crippen LogP contribution in [0.15, 0.2) is 64.5 Å². The molecule has 4 heteroatoms. The van der Waals surface area contributed by atoms with Crippen LogP contribution in [0.5, 0.6) is 0 Å². The second-order valence-corrected chi connectivity index (χ2v) is 5.26. The van der Waals surface area contributed by atoms with Crippen LogP contribution in [0.2, 0.25) is 0 Å². The molecule has 0 bridgehead atoms. The van der Waals surface area contributed by atoms with Crippen molar-refractivity contribution in [2.45, 2.75) is 19.8 Å². The number of aryl methyl sites for hydroxylation is 1. The first-order valence-electron chi connectivity index (χ1n) is 7.24. The maximum absolute atomic E-state index is 12.5. The van der Waals surface area contributed by atoms with Crippen molar-refractivity contribution >= 4 is 17.1 Å². The monoisotopic (exact) mass is 291 g/mol. The molecule has 1 atom stereocenters. The maximum atomic E-state index is 12.5. The van der Waals surface area contributed by atoms with E-state index in [1.54, 1.807) is 19.2 Å². The van der Waals surface area contributed by atoms with Crippen molar-refractivity contribution in [3.63, 3.8) is 0 Å². The van der Waals surface area contributed by atoms with E-state index in [9.17, 15) is 4.79 Å². The van der Waals surface area contributed by atoms with Gasteiger partial charge in [-0.05, 0) is 24.6 Å². The van der Waals surface area contributed by atoms with Gasteiger partial charge in [0.25, 0.3) is 5.56 Å². The molecule has 0 spiro atoms. The summed E-state index contributed by atoms with van der Waals surface area (Å²) in [7, 11) is 0. The topological polar surface area (TPSA) is 47.2 Å². The van der Waals surface area contributed by atoms with Gasteiger partial charge in [0.2, 0.25) is 0 Å². The summed E-state index contributed by atoms with van der Waals surface area (Å²) in [5.74, 6) is 0.708. The lowest BCUT2D eigenvalue weighted by molar-refractivity contribution is 0.763. The number of aromatic nitrogens is 2. The van der Waals surface area contributed by atoms with Crippen LogP contribution in [0, 0.1) is 6.92 Å². The fourth-order valence-electron chi connectivity index (χ4n) is 2.38. The Balaban J connectivity index is 2.00. The number of fused-ring (bicyclic) bond motifs is 1. The lowest BCUT2D eigenvalue weighted by atomic mass is 10.0. The SMILES string of the molecule is Cc1nc2ccccc2c(=O)n1/N=C\[C@H](C)c1ccccc1. The van der Waals surface area contributed by atoms with E-state index in [4.69, 9.17) is 0 Å². The zero-order valence-corrected chi connectivity index (χ0v) is 12.6. The highest BCUT2D eigenvalue weighted by molar-refractivity contribution is 5.77. The summed E-state index contributed by atoms with van der Waals surface area (Å²) in [6.45, 7) is 3.84. The summed E-state index contributed by atoms with van der Waals surface area (Å²) in [4.78, 5) is 16.9. The standard InChI is InChI=1S/C18H17N3O/c1-13(15-8-4-3-5-9-15)12-19-21-14(2)20-17-11-7-6-10-16(17)18(21)22/h3-13H,1-2H3/b19-12-/t13-/m0/s1. The van der Waals surface area contributed by atoms with Crippen LogP contribution in [0.3, 0.4) is 0 Å². The van der Waals surface area contributed by atoms with Crippen molar-refractivity contribution in [2.24, 2.45) is 5.10 Å². The third-order valence-corrected chi connectivity index (χ3v) is 3.65. The first-order valence-corrected chi connectivity index (χ1v) is 7.24. The Bertz CT molecular complexity index is 882. The summed E-state index contributed by atoms with van der Waals surface area (Å²) in [5, 5.41) is 4.93. The molecule has 0 saturated carbocycles. The molecule has 0 aliphatic heterocycles. The molecule has 0 unspecified atom stereocenters. The number of benzene rings is 2. The largest absolute Gasteiger partial charge is 0.282 e. The van der Waals surface area contributed by atoms with Gasteiger partial charge >= 0.3 is 0 Å². The molecule has 0 aliphatic rings. The third kappa shape index (κ3) is 2.68. The van der Waals surface area contributed by atoms with Gasteiger partial charge in [-0.3, -0.25) is 4.79 Å². The van der Waals surface area contributed by atoms with Gasteiger partial charge in [0.1, 0.15) is 5.82 Å². The number of para-hydroxylation sites is 1. The van der Waals surface area contributed by atoms with Crippen LogP contribution in [-0.2, 0) is 0 Å². The molecule has 0 radical (unpaired) electrons. The van der Waals surface area contributed by atoms with E-state index in [1.165, 1.54) is 4.68 Å². The summed E-state index contributed by atoms with van der Waals surface area (Å²) in [6, 6.07) is 17.4. The van der Waals surface area contributed by atoms with E-state index in [2.05, 4.69) is 10.1 Å². The van der Waals surface area contributed by atoms with Gasteiger partial charge in [0.15, 0.2) is 0 Å². The fraction of sp³-hybridized carbons (Fsp3) is 0.167. The Kier molecular flexibility index (Phi) is 3.83. The normalized spacial score (nSPS) is 12.8. The van der Waals surface area contributed by atoms with Crippen molar-refractivity contribution in [1.82, 2.24) is 9.66 Å². The molecular formula is C18H17N3O. The van der Waals surface area contributed by atoms with E-state index in [0.717, 1.165) is 5.56 Å². The van der Waals surface area contributed by atoms with Crippen molar-refractivity contribution in [2.75, 3.05) is 0 Å². The van der Waals surface area contributed by atoms with Crippen molar-refractivity contribution in [3.05, 3.63) is 76.3 Å². The number of rotatable bonds is 3. The average Bonchev–Trinajstić information content (AvgIpc) is 2.55. The van der Waals surface area contributed by atoms with E-state index in [-0.39, 0.29) is 11.5 Å². The van der Waals surface area contributed by atoms with Crippen LogP contribution in [-0.4, -0.2) is 15.9 Å². The van der Waals surface area contributed by atoms with Gasteiger partial charge in [0, 0.05) is 12.1 Å². The highest BCUT2D eigenvalue weighted by Gasteiger charge is 2.07. The van der Waals surface area contributed by atoms with Crippen LogP contribution >= 0.6 is 0 Å². The summed E-state index contributed by atoms with van der Waals surface area (Å²) >= 11 is 0. The summed E-state index contributed by atoms with van der Waals surface area (Å²) in [6.07, 6.45) is 1.78. The molecule has 0 N–H and O–H groups in total. The Labute approximate surface area is 128 Å². The van der Waals surface area contributed by atoms with Gasteiger partial charge in [-0.25, -0.2) is 4.98 Å². The second-order valence-electron chi connectivity index (χ2n) is 5.26. The molecule has 110 valence electrons. The Hall–Kier alpha value is -2.75. The van der Waals surface area contributed by atoms with Crippen LogP contribution < -0.4 is 5.56 Å². The van der Waals surface area contributed by atoms with E-state index in [0.29, 0.717) is 16.7 Å². The summed E-state index contributed by atoms with van der Waals surface area (Å²) in [5.41, 5.74) is 1.72. The van der Waals surface area contributed by atoms with Crippen molar-refractivity contribution in [3.8, 4) is 0 Å². The smallest absolute Gasteiger partial charge is 0.267 e. The molecule has 0 saturated heterocycles. The molecule has 1 aromatic heterocycles. The quantitative estimate of drug-likeness (QED) is 0.695. The Morgan fingerprint density at radius 1 is 1.09 bits per heavy atom. The van der Waals surface area contributed by atoms with Gasteiger partial charge in [-0.2, -0.15) is 9.78 Å². The van der Waals surface area contributed by atoms with Crippen molar-refractivity contribution < 1.29 is 0 Å². The molecule has 2 aromatic carbocycles. The zero-order chi connectivity index (χ0) is 15.5. The Morgan fingerprint density at radius 3 is 2.55 bits per heavy atom. The fourth-order valence-corrected chi connectivity index (χ4v) is 2.38. The average molecular weight is 291 g/mol. The predicted molar refractivity (Wildman–Crippen MR) is 89.5 cm³/mol. The zero-order valence-electron chi connectivity index (χ0n) is 12.6. The molecule has 0 amide bonds. The van der Waals surface area contributed by atoms with Crippen LogP contribution in [0.1, 0.15) is 24.2 Å². The minimum atomic E-state index is -0.139. The minimum Gasteiger partial charge on any atom is -0.267 e. The number of hydrogen-bond acceptors (Lipinski definition) is 3. The second kappa shape index (κ2) is 5.93. The first-order chi connectivity index (χ1) is 10.7. The van der Waals surface area contributed by atoms with Crippen LogP contribution in [0.4, 0.5) is 0 Å². The van der Waals surface area contributed by atoms with E-state index in [1.807, 2.05) is 55.5 Å². The highest BCUT2D eigenvalue weighted by Crippen LogP contribution is 2.12. The van der Waals surface area contributed by atoms with E-state index < -0.39 is 0 Å². The highest BCUT2D eigenvalue weighted by atomic mass is 16.1. The van der Waals surface area contributed by atoms with Crippen molar-refractivity contribution in [1.29, 1.82) is 0 Å². The number of nitrogens with zero attached hydrogens (tertiary/aromatic N) is 3. The van der Waals surface area contributed by atoms with E-state index >= 15 is 0 Å². The molecule has 4 nitrogen and oxygen atoms in total. The molecule has 22 heavy (non-hydrogen) atoms. The molecule has 3 aromatic rings. The van der Waals surface area contributed by atoms with Gasteiger partial charge in [-0.15, -0.1) is 0 Å². The summed E-state index contributed by atoms with van der Waals surface area (Å²) < 4.78 is 1.36. The van der Waals surface area contributed by atoms with Gasteiger partial charge < -0.3 is 0 Å². The van der Waals surface area contributed by atoms with Gasteiger partial charge in [0.05, 0.1) is 10.9 Å². The molecule has 0 aliphatic carbocycles. The lowest BCUT2D eigenvalue weighted by Crippen LogP contribution is -2.20. The molecule has 3 rings (SSSR count). The lowest BCUT2D eigenvalue weighted by Gasteiger charge is -2.08. The molecular weight excluding hydrogens is 274 g/mol. The maximum Gasteiger partial charge on any atom is 0.282 e. The number of hydrogen-bond donors (Lipinski definition) is 0. The third-order valence-electron chi connectivity index (χ3n) is 3.65. The molecule has 0 fully saturated rings. The predicted octanol–water partition coefficient (Wildman–Crippen LogP) is 3.34. The molecule has 1 heterocycles. The Morgan fingerprint density at radius 2 is 1.77 bits per heavy atom. The van der Waals surface area contributed by atoms with Gasteiger partial charge in [-0.1, -0.05) is 49.4 Å².